The maximum atomic E-state index is 12.7. The first-order valence-corrected chi connectivity index (χ1v) is 8.39. The molecule has 1 amide bonds. The van der Waals surface area contributed by atoms with Gasteiger partial charge >= 0.3 is 0 Å². The number of amides is 1. The average molecular weight is 316 g/mol. The fourth-order valence-electron chi connectivity index (χ4n) is 2.86. The number of pyridine rings is 1. The lowest BCUT2D eigenvalue weighted by Crippen LogP contribution is -2.48. The van der Waals surface area contributed by atoms with Crippen LogP contribution >= 0.6 is 11.3 Å². The van der Waals surface area contributed by atoms with Crippen LogP contribution in [0.25, 0.3) is 10.6 Å². The third-order valence-corrected chi connectivity index (χ3v) is 4.69. The number of ether oxygens (including phenoxy) is 1. The molecule has 1 saturated heterocycles. The number of hydrogen-bond donors (Lipinski definition) is 0. The van der Waals surface area contributed by atoms with Gasteiger partial charge in [-0.2, -0.15) is 0 Å². The van der Waals surface area contributed by atoms with Crippen LogP contribution in [0.3, 0.4) is 0 Å². The first kappa shape index (κ1) is 15.2. The van der Waals surface area contributed by atoms with Crippen molar-refractivity contribution in [3.05, 3.63) is 40.9 Å². The number of aryl methyl sites for hydroxylation is 1. The van der Waals surface area contributed by atoms with Gasteiger partial charge in [-0.15, -0.1) is 11.3 Å². The summed E-state index contributed by atoms with van der Waals surface area (Å²) in [5.41, 5.74) is 2.39. The quantitative estimate of drug-likeness (QED) is 0.853. The summed E-state index contributed by atoms with van der Waals surface area (Å²) >= 11 is 1.65. The highest BCUT2D eigenvalue weighted by Gasteiger charge is 2.27. The summed E-state index contributed by atoms with van der Waals surface area (Å²) in [4.78, 5) is 20.3. The second-order valence-corrected chi connectivity index (χ2v) is 6.72. The minimum atomic E-state index is 0.0460. The molecule has 4 nitrogen and oxygen atoms in total. The molecule has 0 bridgehead atoms. The number of carbonyl (C=O) groups is 1. The van der Waals surface area contributed by atoms with Crippen molar-refractivity contribution in [3.8, 4) is 10.6 Å². The summed E-state index contributed by atoms with van der Waals surface area (Å²) in [5, 5.41) is 2.03. The van der Waals surface area contributed by atoms with Gasteiger partial charge in [-0.25, -0.2) is 0 Å². The second-order valence-electron chi connectivity index (χ2n) is 5.77. The highest BCUT2D eigenvalue weighted by Crippen LogP contribution is 2.24. The van der Waals surface area contributed by atoms with Crippen molar-refractivity contribution in [3.63, 3.8) is 0 Å². The number of carbonyl (C=O) groups excluding carboxylic acids is 1. The van der Waals surface area contributed by atoms with E-state index >= 15 is 0 Å². The van der Waals surface area contributed by atoms with Crippen LogP contribution in [-0.4, -0.2) is 41.1 Å². The van der Waals surface area contributed by atoms with Gasteiger partial charge in [-0.3, -0.25) is 9.78 Å². The molecule has 2 atom stereocenters. The van der Waals surface area contributed by atoms with E-state index in [1.165, 1.54) is 0 Å². The Balaban J connectivity index is 1.84. The summed E-state index contributed by atoms with van der Waals surface area (Å²) in [7, 11) is 0. The van der Waals surface area contributed by atoms with Crippen molar-refractivity contribution in [2.45, 2.75) is 33.0 Å². The monoisotopic (exact) mass is 316 g/mol. The summed E-state index contributed by atoms with van der Waals surface area (Å²) in [6.07, 6.45) is 0.151. The summed E-state index contributed by atoms with van der Waals surface area (Å²) in [6.45, 7) is 7.17. The molecule has 0 aromatic carbocycles. The molecular weight excluding hydrogens is 296 g/mol. The standard InChI is InChI=1S/C17H20N2O2S/c1-11-9-19(10-12(2)21-11)17(20)14-6-7-15(18-13(14)3)16-5-4-8-22-16/h4-8,11-12H,9-10H2,1-3H3/t11-,12+. The molecule has 1 fully saturated rings. The largest absolute Gasteiger partial charge is 0.372 e. The fourth-order valence-corrected chi connectivity index (χ4v) is 3.56. The highest BCUT2D eigenvalue weighted by molar-refractivity contribution is 7.13. The molecule has 1 aliphatic rings. The van der Waals surface area contributed by atoms with E-state index < -0.39 is 0 Å². The molecular formula is C17H20N2O2S. The number of rotatable bonds is 2. The average Bonchev–Trinajstić information content (AvgIpc) is 2.99. The maximum absolute atomic E-state index is 12.7. The smallest absolute Gasteiger partial charge is 0.255 e. The Hall–Kier alpha value is -1.72. The molecule has 22 heavy (non-hydrogen) atoms. The Labute approximate surface area is 134 Å². The SMILES string of the molecule is Cc1nc(-c2cccs2)ccc1C(=O)N1C[C@@H](C)O[C@@H](C)C1. The summed E-state index contributed by atoms with van der Waals surface area (Å²) < 4.78 is 5.69. The predicted octanol–water partition coefficient (Wildman–Crippen LogP) is 3.37. The van der Waals surface area contributed by atoms with E-state index in [4.69, 9.17) is 4.74 Å². The van der Waals surface area contributed by atoms with Gasteiger partial charge in [0.2, 0.25) is 0 Å². The van der Waals surface area contributed by atoms with Crippen LogP contribution in [0.1, 0.15) is 29.9 Å². The normalized spacial score (nSPS) is 21.9. The number of thiophene rings is 1. The van der Waals surface area contributed by atoms with Gasteiger partial charge in [-0.05, 0) is 44.4 Å². The molecule has 3 heterocycles. The molecule has 5 heteroatoms. The Morgan fingerprint density at radius 3 is 2.59 bits per heavy atom. The van der Waals surface area contributed by atoms with Gasteiger partial charge in [-0.1, -0.05) is 6.07 Å². The predicted molar refractivity (Wildman–Crippen MR) is 88.2 cm³/mol. The Kier molecular flexibility index (Phi) is 4.27. The third kappa shape index (κ3) is 3.05. The van der Waals surface area contributed by atoms with Crippen molar-refractivity contribution in [2.75, 3.05) is 13.1 Å². The van der Waals surface area contributed by atoms with Crippen LogP contribution in [0.5, 0.6) is 0 Å². The minimum absolute atomic E-state index is 0.0460. The van der Waals surface area contributed by atoms with E-state index in [1.807, 2.05) is 55.3 Å². The van der Waals surface area contributed by atoms with Gasteiger partial charge in [0.15, 0.2) is 0 Å². The van der Waals surface area contributed by atoms with Crippen LogP contribution < -0.4 is 0 Å². The van der Waals surface area contributed by atoms with E-state index in [9.17, 15) is 4.79 Å². The third-order valence-electron chi connectivity index (χ3n) is 3.80. The van der Waals surface area contributed by atoms with E-state index in [2.05, 4.69) is 4.98 Å². The van der Waals surface area contributed by atoms with Crippen LogP contribution in [0.15, 0.2) is 29.6 Å². The fraction of sp³-hybridized carbons (Fsp3) is 0.412. The molecule has 0 unspecified atom stereocenters. The van der Waals surface area contributed by atoms with Crippen LogP contribution in [-0.2, 0) is 4.74 Å². The lowest BCUT2D eigenvalue weighted by Gasteiger charge is -2.35. The zero-order valence-electron chi connectivity index (χ0n) is 13.1. The molecule has 3 rings (SSSR count). The molecule has 1 aliphatic heterocycles. The van der Waals surface area contributed by atoms with Gasteiger partial charge in [0.25, 0.3) is 5.91 Å². The molecule has 116 valence electrons. The molecule has 0 N–H and O–H groups in total. The zero-order valence-corrected chi connectivity index (χ0v) is 13.9. The van der Waals surface area contributed by atoms with E-state index in [0.29, 0.717) is 18.7 Å². The van der Waals surface area contributed by atoms with Gasteiger partial charge in [0.05, 0.1) is 34.0 Å². The molecule has 0 aliphatic carbocycles. The molecule has 0 spiro atoms. The van der Waals surface area contributed by atoms with E-state index in [0.717, 1.165) is 16.3 Å². The Bertz CT molecular complexity index is 659. The van der Waals surface area contributed by atoms with Gasteiger partial charge in [0.1, 0.15) is 0 Å². The molecule has 0 radical (unpaired) electrons. The lowest BCUT2D eigenvalue weighted by molar-refractivity contribution is -0.0586. The summed E-state index contributed by atoms with van der Waals surface area (Å²) in [6, 6.07) is 7.87. The van der Waals surface area contributed by atoms with Crippen LogP contribution in [0, 0.1) is 6.92 Å². The van der Waals surface area contributed by atoms with Crippen molar-refractivity contribution < 1.29 is 9.53 Å². The van der Waals surface area contributed by atoms with Crippen LogP contribution in [0.4, 0.5) is 0 Å². The Morgan fingerprint density at radius 1 is 1.27 bits per heavy atom. The highest BCUT2D eigenvalue weighted by atomic mass is 32.1. The Morgan fingerprint density at radius 2 is 2.00 bits per heavy atom. The first-order valence-electron chi connectivity index (χ1n) is 7.51. The molecule has 0 saturated carbocycles. The van der Waals surface area contributed by atoms with E-state index in [-0.39, 0.29) is 18.1 Å². The maximum Gasteiger partial charge on any atom is 0.255 e. The molecule has 2 aromatic heterocycles. The van der Waals surface area contributed by atoms with E-state index in [1.54, 1.807) is 11.3 Å². The number of morpholine rings is 1. The minimum Gasteiger partial charge on any atom is -0.372 e. The number of nitrogens with zero attached hydrogens (tertiary/aromatic N) is 2. The topological polar surface area (TPSA) is 42.4 Å². The lowest BCUT2D eigenvalue weighted by atomic mass is 10.1. The molecule has 2 aromatic rings. The van der Waals surface area contributed by atoms with Crippen molar-refractivity contribution in [1.29, 1.82) is 0 Å². The second kappa shape index (κ2) is 6.18. The van der Waals surface area contributed by atoms with Gasteiger partial charge in [0, 0.05) is 13.1 Å². The van der Waals surface area contributed by atoms with Gasteiger partial charge < -0.3 is 9.64 Å². The number of aromatic nitrogens is 1. The van der Waals surface area contributed by atoms with Crippen molar-refractivity contribution in [1.82, 2.24) is 9.88 Å². The van der Waals surface area contributed by atoms with Crippen molar-refractivity contribution in [2.24, 2.45) is 0 Å². The first-order chi connectivity index (χ1) is 10.5. The van der Waals surface area contributed by atoms with Crippen molar-refractivity contribution >= 4 is 17.2 Å². The summed E-state index contributed by atoms with van der Waals surface area (Å²) in [5.74, 6) is 0.0460. The zero-order chi connectivity index (χ0) is 15.7. The van der Waals surface area contributed by atoms with Crippen LogP contribution in [0.2, 0.25) is 0 Å². The number of hydrogen-bond acceptors (Lipinski definition) is 4.